The van der Waals surface area contributed by atoms with E-state index in [0.717, 1.165) is 11.1 Å². The molecule has 7 N–H and O–H groups in total. The molecule has 0 saturated carbocycles. The van der Waals surface area contributed by atoms with Gasteiger partial charge in [-0.15, -0.1) is 0 Å². The fraction of sp³-hybridized carbons (Fsp3) is 0.227. The molecule has 162 valence electrons. The third-order valence-corrected chi connectivity index (χ3v) is 4.71. The first kappa shape index (κ1) is 21.7. The lowest BCUT2D eigenvalue weighted by Gasteiger charge is -2.22. The number of aromatic nitrogens is 2. The average Bonchev–Trinajstić information content (AvgIpc) is 2.71. The summed E-state index contributed by atoms with van der Waals surface area (Å²) in [5.74, 6) is -0.239. The zero-order valence-corrected chi connectivity index (χ0v) is 17.5. The minimum absolute atomic E-state index is 0.0508. The number of nitrogens with two attached hydrogens (primary N) is 2. The average molecular weight is 423 g/mol. The standard InChI is InChI=1S/C22H25N5O4/c1-4-31-16-11-13(8-9-15(16)19-25-18(24)17(23)20(28)26-19)12-6-5-7-14(10-12)27-22(2,3)21(29)30/h5-11,27H,4,23H2,1-3H3,(H,29,30)(H3,24,25,26,28). The highest BCUT2D eigenvalue weighted by Gasteiger charge is 2.26. The molecule has 1 aromatic heterocycles. The van der Waals surface area contributed by atoms with Crippen molar-refractivity contribution >= 4 is 23.2 Å². The number of carboxylic acids is 1. The van der Waals surface area contributed by atoms with Crippen LogP contribution < -0.4 is 27.1 Å². The fourth-order valence-corrected chi connectivity index (χ4v) is 2.99. The minimum Gasteiger partial charge on any atom is -0.493 e. The van der Waals surface area contributed by atoms with E-state index in [1.54, 1.807) is 26.0 Å². The van der Waals surface area contributed by atoms with Gasteiger partial charge >= 0.3 is 5.97 Å². The number of carbonyl (C=O) groups is 1. The third kappa shape index (κ3) is 4.61. The van der Waals surface area contributed by atoms with E-state index in [-0.39, 0.29) is 17.3 Å². The number of H-pyrrole nitrogens is 1. The molecule has 0 fully saturated rings. The number of anilines is 3. The first-order valence-corrected chi connectivity index (χ1v) is 9.67. The van der Waals surface area contributed by atoms with Crippen molar-refractivity contribution in [1.82, 2.24) is 9.97 Å². The Morgan fingerprint density at radius 3 is 2.55 bits per heavy atom. The second-order valence-electron chi connectivity index (χ2n) is 7.49. The lowest BCUT2D eigenvalue weighted by Crippen LogP contribution is -2.39. The number of carboxylic acid groups (broad SMARTS) is 1. The van der Waals surface area contributed by atoms with Crippen LogP contribution in [0.5, 0.6) is 5.75 Å². The highest BCUT2D eigenvalue weighted by atomic mass is 16.5. The van der Waals surface area contributed by atoms with E-state index < -0.39 is 17.1 Å². The molecule has 3 aromatic rings. The number of nitrogens with zero attached hydrogens (tertiary/aromatic N) is 1. The summed E-state index contributed by atoms with van der Waals surface area (Å²) < 4.78 is 5.78. The van der Waals surface area contributed by atoms with Gasteiger partial charge in [0.25, 0.3) is 5.56 Å². The summed E-state index contributed by atoms with van der Waals surface area (Å²) in [5, 5.41) is 12.4. The monoisotopic (exact) mass is 423 g/mol. The van der Waals surface area contributed by atoms with Gasteiger partial charge in [0, 0.05) is 5.69 Å². The summed E-state index contributed by atoms with van der Waals surface area (Å²) in [6.45, 7) is 5.44. The van der Waals surface area contributed by atoms with Gasteiger partial charge in [0.05, 0.1) is 12.2 Å². The summed E-state index contributed by atoms with van der Waals surface area (Å²) in [6, 6.07) is 12.9. The number of nitrogens with one attached hydrogen (secondary N) is 2. The number of benzene rings is 2. The van der Waals surface area contributed by atoms with Crippen LogP contribution in [0, 0.1) is 0 Å². The summed E-state index contributed by atoms with van der Waals surface area (Å²) in [5.41, 5.74) is 12.5. The molecule has 0 saturated heterocycles. The summed E-state index contributed by atoms with van der Waals surface area (Å²) in [7, 11) is 0. The van der Waals surface area contributed by atoms with Crippen molar-refractivity contribution < 1.29 is 14.6 Å². The topological polar surface area (TPSA) is 156 Å². The second kappa shape index (κ2) is 8.39. The SMILES string of the molecule is CCOc1cc(-c2cccc(NC(C)(C)C(=O)O)c2)ccc1-c1nc(N)c(N)c(=O)[nH]1. The predicted molar refractivity (Wildman–Crippen MR) is 121 cm³/mol. The van der Waals surface area contributed by atoms with Crippen LogP contribution in [0.15, 0.2) is 47.3 Å². The normalized spacial score (nSPS) is 11.2. The van der Waals surface area contributed by atoms with Crippen LogP contribution in [-0.4, -0.2) is 33.2 Å². The van der Waals surface area contributed by atoms with E-state index in [1.807, 2.05) is 37.3 Å². The lowest BCUT2D eigenvalue weighted by molar-refractivity contribution is -0.141. The third-order valence-electron chi connectivity index (χ3n) is 4.71. The Hall–Kier alpha value is -4.01. The summed E-state index contributed by atoms with van der Waals surface area (Å²) >= 11 is 0. The maximum atomic E-state index is 12.0. The van der Waals surface area contributed by atoms with Gasteiger partial charge in [-0.3, -0.25) is 4.79 Å². The van der Waals surface area contributed by atoms with Crippen molar-refractivity contribution in [2.45, 2.75) is 26.3 Å². The number of nitrogen functional groups attached to an aromatic ring is 2. The van der Waals surface area contributed by atoms with Crippen LogP contribution in [0.1, 0.15) is 20.8 Å². The van der Waals surface area contributed by atoms with Crippen LogP contribution in [0.3, 0.4) is 0 Å². The molecular weight excluding hydrogens is 398 g/mol. The molecule has 0 spiro atoms. The van der Waals surface area contributed by atoms with E-state index in [1.165, 1.54) is 0 Å². The summed E-state index contributed by atoms with van der Waals surface area (Å²) in [4.78, 5) is 30.2. The predicted octanol–water partition coefficient (Wildman–Crippen LogP) is 2.94. The molecule has 0 bridgehead atoms. The molecule has 0 radical (unpaired) electrons. The van der Waals surface area contributed by atoms with Crippen molar-refractivity contribution in [1.29, 1.82) is 0 Å². The van der Waals surface area contributed by atoms with Gasteiger partial charge in [0.15, 0.2) is 5.82 Å². The van der Waals surface area contributed by atoms with Crippen molar-refractivity contribution in [3.63, 3.8) is 0 Å². The highest BCUT2D eigenvalue weighted by molar-refractivity contribution is 5.82. The number of aromatic amines is 1. The van der Waals surface area contributed by atoms with Gasteiger partial charge in [-0.05, 0) is 56.2 Å². The van der Waals surface area contributed by atoms with Gasteiger partial charge in [-0.25, -0.2) is 9.78 Å². The molecule has 31 heavy (non-hydrogen) atoms. The first-order chi connectivity index (χ1) is 14.6. The number of aliphatic carboxylic acids is 1. The zero-order chi connectivity index (χ0) is 22.8. The molecule has 9 heteroatoms. The van der Waals surface area contributed by atoms with Crippen LogP contribution in [0.2, 0.25) is 0 Å². The van der Waals surface area contributed by atoms with E-state index in [2.05, 4.69) is 15.3 Å². The Morgan fingerprint density at radius 2 is 1.90 bits per heavy atom. The van der Waals surface area contributed by atoms with E-state index in [4.69, 9.17) is 16.2 Å². The molecule has 0 unspecified atom stereocenters. The van der Waals surface area contributed by atoms with Gasteiger partial charge < -0.3 is 31.6 Å². The molecule has 9 nitrogen and oxygen atoms in total. The number of ether oxygens (including phenoxy) is 1. The Kier molecular flexibility index (Phi) is 5.87. The largest absolute Gasteiger partial charge is 0.493 e. The van der Waals surface area contributed by atoms with Gasteiger partial charge in [-0.1, -0.05) is 18.2 Å². The summed E-state index contributed by atoms with van der Waals surface area (Å²) in [6.07, 6.45) is 0. The van der Waals surface area contributed by atoms with Gasteiger partial charge in [0.2, 0.25) is 0 Å². The van der Waals surface area contributed by atoms with Crippen molar-refractivity contribution in [2.75, 3.05) is 23.4 Å². The fourth-order valence-electron chi connectivity index (χ4n) is 2.99. The van der Waals surface area contributed by atoms with E-state index >= 15 is 0 Å². The molecule has 0 aliphatic rings. The Bertz CT molecular complexity index is 1190. The molecule has 1 heterocycles. The van der Waals surface area contributed by atoms with Crippen molar-refractivity contribution in [3.05, 3.63) is 52.8 Å². The quantitative estimate of drug-likeness (QED) is 0.388. The minimum atomic E-state index is -1.12. The van der Waals surface area contributed by atoms with Crippen LogP contribution in [0.25, 0.3) is 22.5 Å². The van der Waals surface area contributed by atoms with Crippen molar-refractivity contribution in [3.8, 4) is 28.3 Å². The van der Waals surface area contributed by atoms with E-state index in [0.29, 0.717) is 23.6 Å². The number of hydrogen-bond donors (Lipinski definition) is 5. The molecule has 3 rings (SSSR count). The van der Waals surface area contributed by atoms with Gasteiger partial charge in [0.1, 0.15) is 22.8 Å². The number of rotatable bonds is 7. The maximum absolute atomic E-state index is 12.0. The van der Waals surface area contributed by atoms with E-state index in [9.17, 15) is 14.7 Å². The molecule has 2 aromatic carbocycles. The molecule has 0 aliphatic heterocycles. The highest BCUT2D eigenvalue weighted by Crippen LogP contribution is 2.34. The molecular formula is C22H25N5O4. The number of hydrogen-bond acceptors (Lipinski definition) is 7. The molecule has 0 atom stereocenters. The van der Waals surface area contributed by atoms with Crippen LogP contribution >= 0.6 is 0 Å². The first-order valence-electron chi connectivity index (χ1n) is 9.67. The molecule has 0 aliphatic carbocycles. The Morgan fingerprint density at radius 1 is 1.19 bits per heavy atom. The van der Waals surface area contributed by atoms with Gasteiger partial charge in [-0.2, -0.15) is 0 Å². The smallest absolute Gasteiger partial charge is 0.328 e. The second-order valence-corrected chi connectivity index (χ2v) is 7.49. The molecule has 0 amide bonds. The zero-order valence-electron chi connectivity index (χ0n) is 17.5. The van der Waals surface area contributed by atoms with Crippen LogP contribution in [-0.2, 0) is 4.79 Å². The van der Waals surface area contributed by atoms with Crippen molar-refractivity contribution in [2.24, 2.45) is 0 Å². The van der Waals surface area contributed by atoms with Crippen LogP contribution in [0.4, 0.5) is 17.2 Å². The Balaban J connectivity index is 2.03. The Labute approximate surface area is 179 Å². The maximum Gasteiger partial charge on any atom is 0.328 e. The lowest BCUT2D eigenvalue weighted by atomic mass is 10.0.